The van der Waals surface area contributed by atoms with E-state index in [1.165, 1.54) is 0 Å². The van der Waals surface area contributed by atoms with Gasteiger partial charge >= 0.3 is 0 Å². The summed E-state index contributed by atoms with van der Waals surface area (Å²) in [6.07, 6.45) is 3.55. The Morgan fingerprint density at radius 3 is 2.38 bits per heavy atom. The number of benzene rings is 2. The summed E-state index contributed by atoms with van der Waals surface area (Å²) in [7, 11) is 0. The Balaban J connectivity index is 1.68. The molecule has 5 heteroatoms. The number of carbonyl (C=O) groups excluding carboxylic acids is 1. The van der Waals surface area contributed by atoms with Gasteiger partial charge in [-0.2, -0.15) is 5.10 Å². The van der Waals surface area contributed by atoms with Crippen LogP contribution in [-0.2, 0) is 0 Å². The van der Waals surface area contributed by atoms with Crippen LogP contribution in [0.1, 0.15) is 16.1 Å². The molecule has 0 saturated carbocycles. The van der Waals surface area contributed by atoms with Crippen molar-refractivity contribution in [3.63, 3.8) is 0 Å². The van der Waals surface area contributed by atoms with Crippen molar-refractivity contribution < 1.29 is 4.79 Å². The van der Waals surface area contributed by atoms with Crippen molar-refractivity contribution in [1.82, 2.24) is 14.8 Å². The van der Waals surface area contributed by atoms with Crippen LogP contribution in [0.3, 0.4) is 0 Å². The van der Waals surface area contributed by atoms with Crippen molar-refractivity contribution in [2.45, 2.75) is 0 Å². The summed E-state index contributed by atoms with van der Waals surface area (Å²) in [5.74, 6) is -0.253. The molecule has 2 aromatic carbocycles. The molecule has 126 valence electrons. The number of imidazole rings is 1. The van der Waals surface area contributed by atoms with Gasteiger partial charge in [0.1, 0.15) is 5.65 Å². The fourth-order valence-corrected chi connectivity index (χ4v) is 2.75. The predicted octanol–water partition coefficient (Wildman–Crippen LogP) is 3.77. The standard InChI is InChI=1S/C21H16N4O/c26-21(17-11-5-2-6-12-17)24-22-15-18-20(16-9-3-1-4-10-16)23-19-13-7-8-14-25(18)19/h1-15H,(H,24,26)/b22-15+. The van der Waals surface area contributed by atoms with Gasteiger partial charge in [0, 0.05) is 17.3 Å². The summed E-state index contributed by atoms with van der Waals surface area (Å²) in [6, 6.07) is 24.7. The normalized spacial score (nSPS) is 11.1. The van der Waals surface area contributed by atoms with E-state index < -0.39 is 0 Å². The lowest BCUT2D eigenvalue weighted by atomic mass is 10.1. The van der Waals surface area contributed by atoms with E-state index in [2.05, 4.69) is 10.5 Å². The smallest absolute Gasteiger partial charge is 0.271 e. The zero-order chi connectivity index (χ0) is 17.8. The fraction of sp³-hybridized carbons (Fsp3) is 0. The Labute approximate surface area is 150 Å². The van der Waals surface area contributed by atoms with Gasteiger partial charge in [0.25, 0.3) is 5.91 Å². The number of fused-ring (bicyclic) bond motifs is 1. The molecule has 0 radical (unpaired) electrons. The number of carbonyl (C=O) groups is 1. The van der Waals surface area contributed by atoms with Crippen molar-refractivity contribution in [2.75, 3.05) is 0 Å². The maximum atomic E-state index is 12.1. The minimum Gasteiger partial charge on any atom is -0.298 e. The predicted molar refractivity (Wildman–Crippen MR) is 102 cm³/mol. The van der Waals surface area contributed by atoms with E-state index in [1.807, 2.05) is 77.3 Å². The largest absolute Gasteiger partial charge is 0.298 e. The molecule has 2 aromatic heterocycles. The molecule has 1 N–H and O–H groups in total. The molecular weight excluding hydrogens is 324 g/mol. The van der Waals surface area contributed by atoms with Gasteiger partial charge in [0.15, 0.2) is 0 Å². The number of nitrogens with one attached hydrogen (secondary N) is 1. The molecule has 1 amide bonds. The Kier molecular flexibility index (Phi) is 4.26. The van der Waals surface area contributed by atoms with Gasteiger partial charge in [-0.1, -0.05) is 54.6 Å². The molecule has 2 heterocycles. The van der Waals surface area contributed by atoms with Crippen molar-refractivity contribution in [1.29, 1.82) is 0 Å². The Bertz CT molecular complexity index is 1070. The first-order valence-electron chi connectivity index (χ1n) is 8.24. The number of pyridine rings is 1. The first-order valence-corrected chi connectivity index (χ1v) is 8.24. The molecule has 0 bridgehead atoms. The van der Waals surface area contributed by atoms with Gasteiger partial charge in [-0.3, -0.25) is 9.20 Å². The maximum absolute atomic E-state index is 12.1. The van der Waals surface area contributed by atoms with Crippen molar-refractivity contribution in [3.05, 3.63) is 96.3 Å². The van der Waals surface area contributed by atoms with Gasteiger partial charge in [-0.25, -0.2) is 10.4 Å². The number of amides is 1. The summed E-state index contributed by atoms with van der Waals surface area (Å²) >= 11 is 0. The Morgan fingerprint density at radius 1 is 0.923 bits per heavy atom. The zero-order valence-corrected chi connectivity index (χ0v) is 13.9. The van der Waals surface area contributed by atoms with Crippen LogP contribution in [0, 0.1) is 0 Å². The summed E-state index contributed by atoms with van der Waals surface area (Å²) < 4.78 is 1.94. The van der Waals surface area contributed by atoms with Crippen molar-refractivity contribution in [2.24, 2.45) is 5.10 Å². The topological polar surface area (TPSA) is 58.8 Å². The average Bonchev–Trinajstić information content (AvgIpc) is 3.08. The quantitative estimate of drug-likeness (QED) is 0.454. The molecule has 0 aliphatic rings. The van der Waals surface area contributed by atoms with Crippen molar-refractivity contribution >= 4 is 17.8 Å². The molecular formula is C21H16N4O. The van der Waals surface area contributed by atoms with Crippen LogP contribution in [-0.4, -0.2) is 21.5 Å². The maximum Gasteiger partial charge on any atom is 0.271 e. The fourth-order valence-electron chi connectivity index (χ4n) is 2.75. The third-order valence-corrected chi connectivity index (χ3v) is 4.00. The summed E-state index contributed by atoms with van der Waals surface area (Å²) in [5.41, 5.74) is 6.57. The monoisotopic (exact) mass is 340 g/mol. The van der Waals surface area contributed by atoms with Crippen LogP contribution in [0.2, 0.25) is 0 Å². The molecule has 0 spiro atoms. The number of aromatic nitrogens is 2. The van der Waals surface area contributed by atoms with E-state index in [1.54, 1.807) is 18.3 Å². The molecule has 5 nitrogen and oxygen atoms in total. The number of hydrogen-bond donors (Lipinski definition) is 1. The van der Waals surface area contributed by atoms with E-state index in [-0.39, 0.29) is 5.91 Å². The minimum absolute atomic E-state index is 0.253. The number of hydrogen-bond acceptors (Lipinski definition) is 3. The highest BCUT2D eigenvalue weighted by atomic mass is 16.2. The lowest BCUT2D eigenvalue weighted by molar-refractivity contribution is 0.0955. The lowest BCUT2D eigenvalue weighted by Gasteiger charge is -2.01. The van der Waals surface area contributed by atoms with E-state index in [0.29, 0.717) is 5.56 Å². The highest BCUT2D eigenvalue weighted by Gasteiger charge is 2.12. The minimum atomic E-state index is -0.253. The van der Waals surface area contributed by atoms with Crippen LogP contribution in [0.15, 0.2) is 90.2 Å². The molecule has 0 saturated heterocycles. The van der Waals surface area contributed by atoms with Gasteiger partial charge in [0.2, 0.25) is 0 Å². The molecule has 0 unspecified atom stereocenters. The Hall–Kier alpha value is -3.73. The molecule has 26 heavy (non-hydrogen) atoms. The second-order valence-electron chi connectivity index (χ2n) is 5.71. The summed E-state index contributed by atoms with van der Waals surface area (Å²) in [5, 5.41) is 4.14. The number of rotatable bonds is 4. The second kappa shape index (κ2) is 7.03. The zero-order valence-electron chi connectivity index (χ0n) is 13.9. The average molecular weight is 340 g/mol. The third kappa shape index (κ3) is 3.10. The SMILES string of the molecule is O=C(N/N=C/c1c(-c2ccccc2)nc2ccccn12)c1ccccc1. The first kappa shape index (κ1) is 15.8. The molecule has 0 atom stereocenters. The summed E-state index contributed by atoms with van der Waals surface area (Å²) in [6.45, 7) is 0. The molecule has 4 aromatic rings. The molecule has 0 fully saturated rings. The molecule has 0 aliphatic heterocycles. The van der Waals surface area contributed by atoms with Gasteiger partial charge in [0.05, 0.1) is 17.6 Å². The Morgan fingerprint density at radius 2 is 1.62 bits per heavy atom. The van der Waals surface area contributed by atoms with Crippen LogP contribution in [0.25, 0.3) is 16.9 Å². The van der Waals surface area contributed by atoms with E-state index in [4.69, 9.17) is 4.98 Å². The van der Waals surface area contributed by atoms with Crippen molar-refractivity contribution in [3.8, 4) is 11.3 Å². The van der Waals surface area contributed by atoms with Gasteiger partial charge in [-0.05, 0) is 24.3 Å². The first-order chi connectivity index (χ1) is 12.8. The van der Waals surface area contributed by atoms with E-state index >= 15 is 0 Å². The highest BCUT2D eigenvalue weighted by molar-refractivity contribution is 5.95. The second-order valence-corrected chi connectivity index (χ2v) is 5.71. The van der Waals surface area contributed by atoms with Crippen LogP contribution in [0.5, 0.6) is 0 Å². The van der Waals surface area contributed by atoms with Crippen LogP contribution >= 0.6 is 0 Å². The number of nitrogens with zero attached hydrogens (tertiary/aromatic N) is 3. The summed E-state index contributed by atoms with van der Waals surface area (Å²) in [4.78, 5) is 16.8. The van der Waals surface area contributed by atoms with Gasteiger partial charge < -0.3 is 0 Å². The van der Waals surface area contributed by atoms with Crippen LogP contribution in [0.4, 0.5) is 0 Å². The van der Waals surface area contributed by atoms with E-state index in [0.717, 1.165) is 22.6 Å². The highest BCUT2D eigenvalue weighted by Crippen LogP contribution is 2.23. The van der Waals surface area contributed by atoms with Crippen LogP contribution < -0.4 is 5.43 Å². The lowest BCUT2D eigenvalue weighted by Crippen LogP contribution is -2.17. The molecule has 0 aliphatic carbocycles. The molecule has 4 rings (SSSR count). The number of hydrazone groups is 1. The van der Waals surface area contributed by atoms with Gasteiger partial charge in [-0.15, -0.1) is 0 Å². The third-order valence-electron chi connectivity index (χ3n) is 4.00. The van der Waals surface area contributed by atoms with E-state index in [9.17, 15) is 4.79 Å².